The van der Waals surface area contributed by atoms with E-state index in [-0.39, 0.29) is 36.4 Å². The number of alkyl halides is 3. The lowest BCUT2D eigenvalue weighted by Gasteiger charge is -2.14. The second-order valence-corrected chi connectivity index (χ2v) is 9.28. The molecule has 0 bridgehead atoms. The number of aryl methyl sites for hydroxylation is 1. The van der Waals surface area contributed by atoms with Gasteiger partial charge >= 0.3 is 6.18 Å². The number of aromatic nitrogens is 5. The first-order valence-electron chi connectivity index (χ1n) is 12.2. The minimum atomic E-state index is -4.46. The van der Waals surface area contributed by atoms with Crippen LogP contribution in [0.3, 0.4) is 0 Å². The maximum Gasteiger partial charge on any atom is 0.401 e. The van der Waals surface area contributed by atoms with E-state index >= 15 is 0 Å². The van der Waals surface area contributed by atoms with Crippen molar-refractivity contribution in [1.82, 2.24) is 24.9 Å². The number of anilines is 1. The molecule has 0 radical (unpaired) electrons. The van der Waals surface area contributed by atoms with E-state index in [1.165, 1.54) is 12.1 Å². The Morgan fingerprint density at radius 3 is 2.54 bits per heavy atom. The first-order valence-corrected chi connectivity index (χ1v) is 12.2. The van der Waals surface area contributed by atoms with Crippen LogP contribution in [0.4, 0.5) is 23.4 Å². The predicted molar refractivity (Wildman–Crippen MR) is 130 cm³/mol. The number of nitrogens with zero attached hydrogens (tertiary/aromatic N) is 5. The minimum Gasteiger partial charge on any atom is -0.477 e. The Bertz CT molecular complexity index is 1490. The van der Waals surface area contributed by atoms with E-state index in [9.17, 15) is 22.4 Å². The van der Waals surface area contributed by atoms with E-state index < -0.39 is 23.3 Å². The lowest BCUT2D eigenvalue weighted by atomic mass is 10.0. The monoisotopic (exact) mass is 544 g/mol. The first-order chi connectivity index (χ1) is 18.6. The van der Waals surface area contributed by atoms with Gasteiger partial charge in [0.1, 0.15) is 17.1 Å². The second-order valence-electron chi connectivity index (χ2n) is 9.28. The van der Waals surface area contributed by atoms with Gasteiger partial charge in [0.25, 0.3) is 0 Å². The highest BCUT2D eigenvalue weighted by Gasteiger charge is 2.66. The van der Waals surface area contributed by atoms with Crippen LogP contribution < -0.4 is 10.1 Å². The standard InChI is InChI=1S/C26H24F4N6O3/c1-3-38-24-11-18(36(2)34-24)10-21-31-13-17(14-32-21)15-4-5-16(19(27)8-15)9-23(37)33-22-12-20(39-35-22)25(6-7-25)26(28,29)30/h4-5,8,11-14H,3,6-7,9-10H2,1-2H3,(H,33,35,37). The van der Waals surface area contributed by atoms with Crippen molar-refractivity contribution >= 4 is 11.7 Å². The maximum atomic E-state index is 14.8. The summed E-state index contributed by atoms with van der Waals surface area (Å²) in [6.45, 7) is 2.39. The van der Waals surface area contributed by atoms with Gasteiger partial charge in [0.2, 0.25) is 11.8 Å². The number of amides is 1. The van der Waals surface area contributed by atoms with Gasteiger partial charge in [-0.1, -0.05) is 17.3 Å². The van der Waals surface area contributed by atoms with E-state index in [1.807, 2.05) is 13.0 Å². The van der Waals surface area contributed by atoms with Gasteiger partial charge in [-0.05, 0) is 37.0 Å². The summed E-state index contributed by atoms with van der Waals surface area (Å²) >= 11 is 0. The summed E-state index contributed by atoms with van der Waals surface area (Å²) < 4.78 is 66.5. The molecule has 1 aliphatic rings. The van der Waals surface area contributed by atoms with Gasteiger partial charge in [-0.15, -0.1) is 5.10 Å². The number of carbonyl (C=O) groups excluding carboxylic acids is 1. The number of nitrogens with one attached hydrogen (secondary N) is 1. The highest BCUT2D eigenvalue weighted by atomic mass is 19.4. The molecule has 39 heavy (non-hydrogen) atoms. The van der Waals surface area contributed by atoms with E-state index in [0.717, 1.165) is 11.8 Å². The fraction of sp³-hybridized carbons (Fsp3) is 0.346. The number of benzene rings is 1. The first kappa shape index (κ1) is 26.3. The molecule has 0 aliphatic heterocycles. The van der Waals surface area contributed by atoms with Crippen LogP contribution in [0.15, 0.2) is 47.2 Å². The molecule has 1 aromatic carbocycles. The molecule has 3 aromatic heterocycles. The molecule has 5 rings (SSSR count). The smallest absolute Gasteiger partial charge is 0.401 e. The molecule has 204 valence electrons. The molecule has 0 unspecified atom stereocenters. The quantitative estimate of drug-likeness (QED) is 0.303. The third-order valence-electron chi connectivity index (χ3n) is 6.57. The lowest BCUT2D eigenvalue weighted by molar-refractivity contribution is -0.165. The molecule has 1 saturated carbocycles. The van der Waals surface area contributed by atoms with E-state index in [4.69, 9.17) is 9.26 Å². The van der Waals surface area contributed by atoms with Gasteiger partial charge in [-0.3, -0.25) is 9.48 Å². The Labute approximate surface area is 220 Å². The van der Waals surface area contributed by atoms with Gasteiger partial charge < -0.3 is 14.6 Å². The third-order valence-corrected chi connectivity index (χ3v) is 6.57. The van der Waals surface area contributed by atoms with Crippen LogP contribution in [-0.2, 0) is 30.1 Å². The third kappa shape index (κ3) is 5.47. The number of halogens is 4. The number of rotatable bonds is 9. The molecule has 0 atom stereocenters. The largest absolute Gasteiger partial charge is 0.477 e. The Kier molecular flexibility index (Phi) is 6.83. The van der Waals surface area contributed by atoms with Gasteiger partial charge in [0.15, 0.2) is 11.6 Å². The molecule has 1 N–H and O–H groups in total. The van der Waals surface area contributed by atoms with Crippen LogP contribution in [0.25, 0.3) is 11.1 Å². The summed E-state index contributed by atoms with van der Waals surface area (Å²) in [6.07, 6.45) is -1.39. The molecular weight excluding hydrogens is 520 g/mol. The van der Waals surface area contributed by atoms with Gasteiger partial charge in [0.05, 0.1) is 13.0 Å². The number of hydrogen-bond acceptors (Lipinski definition) is 7. The number of carbonyl (C=O) groups is 1. The van der Waals surface area contributed by atoms with Crippen LogP contribution in [0, 0.1) is 5.82 Å². The molecule has 0 saturated heterocycles. The summed E-state index contributed by atoms with van der Waals surface area (Å²) in [5.41, 5.74) is 0.0353. The second kappa shape index (κ2) is 10.1. The zero-order chi connectivity index (χ0) is 27.8. The van der Waals surface area contributed by atoms with E-state index in [1.54, 1.807) is 30.2 Å². The average Bonchev–Trinajstić information content (AvgIpc) is 3.48. The van der Waals surface area contributed by atoms with Crippen molar-refractivity contribution in [3.63, 3.8) is 0 Å². The number of hydrogen-bond donors (Lipinski definition) is 1. The normalized spacial score (nSPS) is 14.3. The van der Waals surface area contributed by atoms with Crippen LogP contribution in [0.1, 0.15) is 42.6 Å². The SMILES string of the molecule is CCOc1cc(Cc2ncc(-c3ccc(CC(=O)Nc4cc(C5(C(F)(F)F)CC5)on4)c(F)c3)cn2)n(C)n1. The fourth-order valence-corrected chi connectivity index (χ4v) is 4.20. The van der Waals surface area contributed by atoms with Crippen molar-refractivity contribution in [1.29, 1.82) is 0 Å². The van der Waals surface area contributed by atoms with Gasteiger partial charge in [-0.2, -0.15) is 13.2 Å². The highest BCUT2D eigenvalue weighted by molar-refractivity contribution is 5.91. The molecule has 9 nitrogen and oxygen atoms in total. The summed E-state index contributed by atoms with van der Waals surface area (Å²) in [6, 6.07) is 7.24. The summed E-state index contributed by atoms with van der Waals surface area (Å²) in [7, 11) is 1.80. The molecule has 1 fully saturated rings. The van der Waals surface area contributed by atoms with Gasteiger partial charge in [-0.25, -0.2) is 14.4 Å². The minimum absolute atomic E-state index is 0.0931. The maximum absolute atomic E-state index is 14.8. The summed E-state index contributed by atoms with van der Waals surface area (Å²) in [4.78, 5) is 21.1. The predicted octanol–water partition coefficient (Wildman–Crippen LogP) is 4.77. The zero-order valence-corrected chi connectivity index (χ0v) is 21.0. The van der Waals surface area contributed by atoms with Crippen molar-refractivity contribution in [3.05, 3.63) is 71.4 Å². The molecule has 1 amide bonds. The van der Waals surface area contributed by atoms with Crippen molar-refractivity contribution in [2.75, 3.05) is 11.9 Å². The van der Waals surface area contributed by atoms with Gasteiger partial charge in [0, 0.05) is 49.3 Å². The molecule has 4 aromatic rings. The van der Waals surface area contributed by atoms with E-state index in [2.05, 4.69) is 25.5 Å². The Hall–Kier alpha value is -4.29. The van der Waals surface area contributed by atoms with Crippen molar-refractivity contribution < 1.29 is 31.6 Å². The highest BCUT2D eigenvalue weighted by Crippen LogP contribution is 2.59. The molecule has 13 heteroatoms. The van der Waals surface area contributed by atoms with Crippen LogP contribution in [-0.4, -0.2) is 43.6 Å². The van der Waals surface area contributed by atoms with Crippen molar-refractivity contribution in [2.45, 2.75) is 44.2 Å². The fourth-order valence-electron chi connectivity index (χ4n) is 4.20. The van der Waals surface area contributed by atoms with Crippen LogP contribution >= 0.6 is 0 Å². The summed E-state index contributed by atoms with van der Waals surface area (Å²) in [5.74, 6) is -0.689. The lowest BCUT2D eigenvalue weighted by Crippen LogP contribution is -2.28. The number of ether oxygens (including phenoxy) is 1. The Morgan fingerprint density at radius 2 is 1.90 bits per heavy atom. The Balaban J connectivity index is 1.21. The zero-order valence-electron chi connectivity index (χ0n) is 21.0. The molecule has 3 heterocycles. The van der Waals surface area contributed by atoms with Crippen LogP contribution in [0.2, 0.25) is 0 Å². The topological polar surface area (TPSA) is 108 Å². The molecule has 0 spiro atoms. The summed E-state index contributed by atoms with van der Waals surface area (Å²) in [5, 5.41) is 10.1. The average molecular weight is 545 g/mol. The molecule has 1 aliphatic carbocycles. The van der Waals surface area contributed by atoms with Crippen LogP contribution in [0.5, 0.6) is 5.88 Å². The van der Waals surface area contributed by atoms with E-state index in [0.29, 0.717) is 35.9 Å². The van der Waals surface area contributed by atoms with Crippen molar-refractivity contribution in [3.8, 4) is 17.0 Å². The molecular formula is C26H24F4N6O3. The Morgan fingerprint density at radius 1 is 1.15 bits per heavy atom. The van der Waals surface area contributed by atoms with Crippen molar-refractivity contribution in [2.24, 2.45) is 7.05 Å².